The first kappa shape index (κ1) is 14.7. The predicted molar refractivity (Wildman–Crippen MR) is 92.5 cm³/mol. The van der Waals surface area contributed by atoms with E-state index in [9.17, 15) is 9.18 Å². The van der Waals surface area contributed by atoms with Crippen LogP contribution in [0.3, 0.4) is 0 Å². The van der Waals surface area contributed by atoms with Gasteiger partial charge in [0.1, 0.15) is 5.82 Å². The lowest BCUT2D eigenvalue weighted by Gasteiger charge is -1.95. The molecule has 118 valence electrons. The minimum atomic E-state index is -0.364. The third-order valence-electron chi connectivity index (χ3n) is 3.65. The average molecular weight is 337 g/mol. The number of rotatable bonds is 2. The van der Waals surface area contributed by atoms with Gasteiger partial charge in [0.2, 0.25) is 4.96 Å². The minimum absolute atomic E-state index is 0.287. The Balaban J connectivity index is 1.85. The van der Waals surface area contributed by atoms with E-state index in [0.29, 0.717) is 20.9 Å². The van der Waals surface area contributed by atoms with Gasteiger partial charge in [0, 0.05) is 11.1 Å². The van der Waals surface area contributed by atoms with Crippen molar-refractivity contribution >= 4 is 22.4 Å². The Morgan fingerprint density at radius 1 is 1.17 bits per heavy atom. The van der Waals surface area contributed by atoms with Crippen LogP contribution < -0.4 is 10.1 Å². The Morgan fingerprint density at radius 3 is 2.75 bits per heavy atom. The summed E-state index contributed by atoms with van der Waals surface area (Å²) in [6.45, 7) is 1.99. The molecule has 2 aromatic carbocycles. The average Bonchev–Trinajstić information content (AvgIpc) is 3.10. The molecule has 0 spiro atoms. The first-order valence-electron chi connectivity index (χ1n) is 7.35. The predicted octanol–water partition coefficient (Wildman–Crippen LogP) is 2.81. The van der Waals surface area contributed by atoms with Crippen molar-refractivity contribution in [1.29, 1.82) is 0 Å². The van der Waals surface area contributed by atoms with Gasteiger partial charge in [-0.2, -0.15) is 9.50 Å². The number of hydrogen-bond acceptors (Lipinski definition) is 4. The Bertz CT molecular complexity index is 1160. The van der Waals surface area contributed by atoms with Crippen LogP contribution in [0, 0.1) is 12.7 Å². The van der Waals surface area contributed by atoms with Crippen LogP contribution in [0.1, 0.15) is 11.1 Å². The summed E-state index contributed by atoms with van der Waals surface area (Å²) in [6, 6.07) is 14.1. The van der Waals surface area contributed by atoms with Crippen LogP contribution >= 0.6 is 11.3 Å². The third kappa shape index (κ3) is 2.51. The van der Waals surface area contributed by atoms with Crippen molar-refractivity contribution in [3.05, 3.63) is 80.4 Å². The van der Waals surface area contributed by atoms with Crippen molar-refractivity contribution in [2.24, 2.45) is 0 Å². The molecule has 24 heavy (non-hydrogen) atoms. The largest absolute Gasteiger partial charge is 0.291 e. The SMILES string of the molecule is Cc1cccc(-c2nc3s/c(=C\c4ccccc4F)c(=O)n3n2)c1. The molecular weight excluding hydrogens is 325 g/mol. The molecule has 6 heteroatoms. The standard InChI is InChI=1S/C18H12FN3OS/c1-11-5-4-7-13(9-11)16-20-18-22(21-16)17(23)15(24-18)10-12-6-2-3-8-14(12)19/h2-10H,1H3/b15-10-. The molecule has 0 atom stereocenters. The van der Waals surface area contributed by atoms with Crippen LogP contribution in [0.4, 0.5) is 4.39 Å². The van der Waals surface area contributed by atoms with Crippen molar-refractivity contribution in [2.45, 2.75) is 6.92 Å². The first-order valence-corrected chi connectivity index (χ1v) is 8.16. The second-order valence-electron chi connectivity index (χ2n) is 5.44. The molecule has 4 rings (SSSR count). The maximum Gasteiger partial charge on any atom is 0.291 e. The number of halogens is 1. The van der Waals surface area contributed by atoms with E-state index >= 15 is 0 Å². The summed E-state index contributed by atoms with van der Waals surface area (Å²) < 4.78 is 15.4. The van der Waals surface area contributed by atoms with Crippen LogP contribution in [0.5, 0.6) is 0 Å². The Labute approximate surface area is 140 Å². The zero-order chi connectivity index (χ0) is 16.7. The number of hydrogen-bond donors (Lipinski definition) is 0. The molecule has 4 aromatic rings. The Morgan fingerprint density at radius 2 is 2.00 bits per heavy atom. The van der Waals surface area contributed by atoms with Crippen LogP contribution in [0.25, 0.3) is 22.4 Å². The molecule has 0 aliphatic rings. The highest BCUT2D eigenvalue weighted by Gasteiger charge is 2.12. The van der Waals surface area contributed by atoms with Crippen molar-refractivity contribution in [1.82, 2.24) is 14.6 Å². The van der Waals surface area contributed by atoms with Gasteiger partial charge in [-0.15, -0.1) is 5.10 Å². The molecule has 0 radical (unpaired) electrons. The van der Waals surface area contributed by atoms with E-state index in [1.807, 2.05) is 31.2 Å². The van der Waals surface area contributed by atoms with E-state index in [-0.39, 0.29) is 11.4 Å². The van der Waals surface area contributed by atoms with Gasteiger partial charge < -0.3 is 0 Å². The highest BCUT2D eigenvalue weighted by Crippen LogP contribution is 2.17. The molecule has 0 aliphatic heterocycles. The number of benzene rings is 2. The lowest BCUT2D eigenvalue weighted by molar-refractivity contribution is 0.625. The second kappa shape index (κ2) is 5.65. The molecule has 0 unspecified atom stereocenters. The van der Waals surface area contributed by atoms with E-state index in [2.05, 4.69) is 10.1 Å². The summed E-state index contributed by atoms with van der Waals surface area (Å²) in [6.07, 6.45) is 1.53. The first-order chi connectivity index (χ1) is 11.6. The normalized spacial score (nSPS) is 12.2. The fraction of sp³-hybridized carbons (Fsp3) is 0.0556. The number of nitrogens with zero attached hydrogens (tertiary/aromatic N) is 3. The number of thiazole rings is 1. The molecule has 2 aromatic heterocycles. The zero-order valence-electron chi connectivity index (χ0n) is 12.7. The zero-order valence-corrected chi connectivity index (χ0v) is 13.5. The molecule has 0 N–H and O–H groups in total. The third-order valence-corrected chi connectivity index (χ3v) is 4.61. The van der Waals surface area contributed by atoms with Gasteiger partial charge in [0.05, 0.1) is 4.53 Å². The van der Waals surface area contributed by atoms with Gasteiger partial charge in [-0.05, 0) is 25.1 Å². The fourth-order valence-corrected chi connectivity index (χ4v) is 3.37. The Hall–Kier alpha value is -2.86. The summed E-state index contributed by atoms with van der Waals surface area (Å²) in [5.41, 5.74) is 2.05. The highest BCUT2D eigenvalue weighted by atomic mass is 32.1. The monoisotopic (exact) mass is 337 g/mol. The Kier molecular flexibility index (Phi) is 3.46. The molecule has 0 amide bonds. The molecule has 0 bridgehead atoms. The molecular formula is C18H12FN3OS. The quantitative estimate of drug-likeness (QED) is 0.565. The smallest absolute Gasteiger partial charge is 0.266 e. The van der Waals surface area contributed by atoms with Crippen molar-refractivity contribution in [2.75, 3.05) is 0 Å². The summed E-state index contributed by atoms with van der Waals surface area (Å²) >= 11 is 1.20. The molecule has 0 saturated carbocycles. The van der Waals surface area contributed by atoms with E-state index in [0.717, 1.165) is 11.1 Å². The maximum absolute atomic E-state index is 13.7. The van der Waals surface area contributed by atoms with Crippen LogP contribution in [0.15, 0.2) is 53.3 Å². The summed E-state index contributed by atoms with van der Waals surface area (Å²) in [7, 11) is 0. The van der Waals surface area contributed by atoms with Gasteiger partial charge in [-0.3, -0.25) is 4.79 Å². The van der Waals surface area contributed by atoms with Gasteiger partial charge in [-0.25, -0.2) is 4.39 Å². The lowest BCUT2D eigenvalue weighted by atomic mass is 10.1. The van der Waals surface area contributed by atoms with Crippen molar-refractivity contribution in [3.63, 3.8) is 0 Å². The van der Waals surface area contributed by atoms with Crippen LogP contribution in [0.2, 0.25) is 0 Å². The topological polar surface area (TPSA) is 47.3 Å². The summed E-state index contributed by atoms with van der Waals surface area (Å²) in [4.78, 5) is 17.4. The van der Waals surface area contributed by atoms with Gasteiger partial charge in [-0.1, -0.05) is 53.3 Å². The van der Waals surface area contributed by atoms with Crippen molar-refractivity contribution < 1.29 is 4.39 Å². The fourth-order valence-electron chi connectivity index (χ4n) is 2.47. The van der Waals surface area contributed by atoms with Gasteiger partial charge in [0.25, 0.3) is 5.56 Å². The summed E-state index contributed by atoms with van der Waals surface area (Å²) in [5.74, 6) is 0.149. The molecule has 0 aliphatic carbocycles. The number of aromatic nitrogens is 3. The molecule has 0 fully saturated rings. The van der Waals surface area contributed by atoms with Crippen LogP contribution in [-0.2, 0) is 0 Å². The van der Waals surface area contributed by atoms with Gasteiger partial charge in [0.15, 0.2) is 5.82 Å². The lowest BCUT2D eigenvalue weighted by Crippen LogP contribution is -2.23. The number of fused-ring (bicyclic) bond motifs is 1. The van der Waals surface area contributed by atoms with Crippen molar-refractivity contribution in [3.8, 4) is 11.4 Å². The maximum atomic E-state index is 13.7. The van der Waals surface area contributed by atoms with E-state index < -0.39 is 0 Å². The minimum Gasteiger partial charge on any atom is -0.266 e. The molecule has 2 heterocycles. The highest BCUT2D eigenvalue weighted by molar-refractivity contribution is 7.15. The second-order valence-corrected chi connectivity index (χ2v) is 6.45. The van der Waals surface area contributed by atoms with E-state index in [4.69, 9.17) is 0 Å². The van der Waals surface area contributed by atoms with E-state index in [1.165, 1.54) is 28.0 Å². The van der Waals surface area contributed by atoms with Crippen LogP contribution in [-0.4, -0.2) is 14.6 Å². The molecule has 4 nitrogen and oxygen atoms in total. The van der Waals surface area contributed by atoms with E-state index in [1.54, 1.807) is 18.2 Å². The molecule has 0 saturated heterocycles. The van der Waals surface area contributed by atoms with Gasteiger partial charge >= 0.3 is 0 Å². The summed E-state index contributed by atoms with van der Waals surface area (Å²) in [5, 5.41) is 4.30. The number of aryl methyl sites for hydroxylation is 1.